The summed E-state index contributed by atoms with van der Waals surface area (Å²) in [7, 11) is 0. The van der Waals surface area contributed by atoms with Crippen LogP contribution in [0.25, 0.3) is 5.82 Å². The molecule has 2 N–H and O–H groups in total. The van der Waals surface area contributed by atoms with Gasteiger partial charge in [0.15, 0.2) is 5.16 Å². The van der Waals surface area contributed by atoms with Gasteiger partial charge >= 0.3 is 0 Å². The number of hydrogen-bond acceptors (Lipinski definition) is 5. The third-order valence-corrected chi connectivity index (χ3v) is 2.21. The molecule has 0 aliphatic carbocycles. The molecule has 5 nitrogen and oxygen atoms in total. The molecule has 0 saturated heterocycles. The quantitative estimate of drug-likeness (QED) is 0.587. The fourth-order valence-corrected chi connectivity index (χ4v) is 1.43. The molecule has 2 rings (SSSR count). The van der Waals surface area contributed by atoms with Crippen LogP contribution in [0.3, 0.4) is 0 Å². The van der Waals surface area contributed by atoms with E-state index in [-0.39, 0.29) is 0 Å². The standard InChI is InChI=1S/C8H9N5S/c1-14-8-11-6(9)4-7(12-8)13-3-2-10-5-13/h2-5H,1H3,(H2,9,11,12). The molecule has 0 bridgehead atoms. The molecule has 2 aromatic heterocycles. The number of nitrogen functional groups attached to an aromatic ring is 1. The Morgan fingerprint density at radius 2 is 2.29 bits per heavy atom. The maximum Gasteiger partial charge on any atom is 0.191 e. The molecule has 0 aromatic carbocycles. The average molecular weight is 207 g/mol. The Kier molecular flexibility index (Phi) is 2.36. The van der Waals surface area contributed by atoms with Crippen LogP contribution < -0.4 is 5.73 Å². The van der Waals surface area contributed by atoms with Gasteiger partial charge in [0, 0.05) is 18.5 Å². The summed E-state index contributed by atoms with van der Waals surface area (Å²) in [4.78, 5) is 12.3. The Morgan fingerprint density at radius 3 is 2.93 bits per heavy atom. The lowest BCUT2D eigenvalue weighted by atomic mass is 10.5. The number of nitrogens with two attached hydrogens (primary N) is 1. The highest BCUT2D eigenvalue weighted by Crippen LogP contribution is 2.14. The van der Waals surface area contributed by atoms with Crippen molar-refractivity contribution in [1.82, 2.24) is 19.5 Å². The van der Waals surface area contributed by atoms with Crippen LogP contribution in [-0.2, 0) is 0 Å². The predicted octanol–water partition coefficient (Wildman–Crippen LogP) is 0.966. The first kappa shape index (κ1) is 9.01. The summed E-state index contributed by atoms with van der Waals surface area (Å²) in [6, 6.07) is 1.71. The van der Waals surface area contributed by atoms with E-state index in [9.17, 15) is 0 Å². The molecule has 0 unspecified atom stereocenters. The minimum absolute atomic E-state index is 0.466. The van der Waals surface area contributed by atoms with E-state index < -0.39 is 0 Å². The van der Waals surface area contributed by atoms with Gasteiger partial charge in [0.25, 0.3) is 0 Å². The van der Waals surface area contributed by atoms with Gasteiger partial charge in [-0.05, 0) is 6.26 Å². The zero-order valence-electron chi connectivity index (χ0n) is 7.58. The fourth-order valence-electron chi connectivity index (χ4n) is 1.05. The molecule has 0 aliphatic rings. The van der Waals surface area contributed by atoms with E-state index in [2.05, 4.69) is 15.0 Å². The monoisotopic (exact) mass is 207 g/mol. The van der Waals surface area contributed by atoms with Crippen molar-refractivity contribution in [2.45, 2.75) is 5.16 Å². The first-order valence-electron chi connectivity index (χ1n) is 3.96. The summed E-state index contributed by atoms with van der Waals surface area (Å²) in [5, 5.41) is 0.661. The first-order chi connectivity index (χ1) is 6.79. The Balaban J connectivity index is 2.48. The van der Waals surface area contributed by atoms with Crippen LogP contribution in [0.2, 0.25) is 0 Å². The Hall–Kier alpha value is -1.56. The molecule has 0 radical (unpaired) electrons. The molecule has 0 fully saturated rings. The van der Waals surface area contributed by atoms with Crippen LogP contribution >= 0.6 is 11.8 Å². The normalized spacial score (nSPS) is 10.4. The predicted molar refractivity (Wildman–Crippen MR) is 55.3 cm³/mol. The van der Waals surface area contributed by atoms with Crippen molar-refractivity contribution in [3.8, 4) is 5.82 Å². The van der Waals surface area contributed by atoms with Gasteiger partial charge in [-0.3, -0.25) is 4.57 Å². The smallest absolute Gasteiger partial charge is 0.191 e. The molecular weight excluding hydrogens is 198 g/mol. The van der Waals surface area contributed by atoms with Gasteiger partial charge in [-0.2, -0.15) is 0 Å². The average Bonchev–Trinajstić information content (AvgIpc) is 2.69. The topological polar surface area (TPSA) is 69.6 Å². The molecule has 2 heterocycles. The lowest BCUT2D eigenvalue weighted by molar-refractivity contribution is 0.895. The summed E-state index contributed by atoms with van der Waals surface area (Å²) in [6.45, 7) is 0. The summed E-state index contributed by atoms with van der Waals surface area (Å²) in [6.07, 6.45) is 7.08. The maximum atomic E-state index is 5.64. The number of thioether (sulfide) groups is 1. The van der Waals surface area contributed by atoms with E-state index in [1.54, 1.807) is 23.2 Å². The van der Waals surface area contributed by atoms with Crippen molar-refractivity contribution in [1.29, 1.82) is 0 Å². The van der Waals surface area contributed by atoms with Crippen molar-refractivity contribution in [2.24, 2.45) is 0 Å². The number of imidazole rings is 1. The van der Waals surface area contributed by atoms with Crippen molar-refractivity contribution >= 4 is 17.6 Å². The third-order valence-electron chi connectivity index (χ3n) is 1.66. The molecular formula is C8H9N5S. The van der Waals surface area contributed by atoms with Gasteiger partial charge in [-0.15, -0.1) is 0 Å². The summed E-state index contributed by atoms with van der Waals surface area (Å²) >= 11 is 1.46. The zero-order valence-corrected chi connectivity index (χ0v) is 8.40. The van der Waals surface area contributed by atoms with E-state index >= 15 is 0 Å². The molecule has 0 atom stereocenters. The number of rotatable bonds is 2. The second-order valence-corrected chi connectivity index (χ2v) is 3.38. The Morgan fingerprint density at radius 1 is 1.43 bits per heavy atom. The van der Waals surface area contributed by atoms with Crippen LogP contribution in [0, 0.1) is 0 Å². The van der Waals surface area contributed by atoms with Gasteiger partial charge in [-0.1, -0.05) is 11.8 Å². The van der Waals surface area contributed by atoms with E-state index in [1.165, 1.54) is 11.8 Å². The summed E-state index contributed by atoms with van der Waals surface area (Å²) < 4.78 is 1.79. The number of aromatic nitrogens is 4. The van der Waals surface area contributed by atoms with E-state index in [4.69, 9.17) is 5.73 Å². The number of hydrogen-bond donors (Lipinski definition) is 1. The lowest BCUT2D eigenvalue weighted by Crippen LogP contribution is -2.01. The van der Waals surface area contributed by atoms with E-state index in [1.807, 2.05) is 12.5 Å². The van der Waals surface area contributed by atoms with Gasteiger partial charge in [0.1, 0.15) is 18.0 Å². The highest BCUT2D eigenvalue weighted by atomic mass is 32.2. The van der Waals surface area contributed by atoms with Gasteiger partial charge in [0.2, 0.25) is 0 Å². The van der Waals surface area contributed by atoms with Crippen molar-refractivity contribution in [3.63, 3.8) is 0 Å². The Labute approximate surface area is 85.4 Å². The van der Waals surface area contributed by atoms with Gasteiger partial charge in [0.05, 0.1) is 0 Å². The zero-order chi connectivity index (χ0) is 9.97. The van der Waals surface area contributed by atoms with Crippen LogP contribution in [0.1, 0.15) is 0 Å². The van der Waals surface area contributed by atoms with Crippen LogP contribution in [-0.4, -0.2) is 25.8 Å². The second-order valence-electron chi connectivity index (χ2n) is 2.61. The Bertz CT molecular complexity index is 425. The van der Waals surface area contributed by atoms with Crippen molar-refractivity contribution in [2.75, 3.05) is 12.0 Å². The first-order valence-corrected chi connectivity index (χ1v) is 5.19. The van der Waals surface area contributed by atoms with Crippen LogP contribution in [0.15, 0.2) is 29.9 Å². The highest BCUT2D eigenvalue weighted by Gasteiger charge is 2.02. The molecule has 0 spiro atoms. The minimum atomic E-state index is 0.466. The summed E-state index contributed by atoms with van der Waals surface area (Å²) in [5.74, 6) is 1.20. The lowest BCUT2D eigenvalue weighted by Gasteiger charge is -2.03. The van der Waals surface area contributed by atoms with E-state index in [0.717, 1.165) is 5.82 Å². The highest BCUT2D eigenvalue weighted by molar-refractivity contribution is 7.98. The maximum absolute atomic E-state index is 5.64. The molecule has 14 heavy (non-hydrogen) atoms. The number of anilines is 1. The van der Waals surface area contributed by atoms with Gasteiger partial charge < -0.3 is 5.73 Å². The summed E-state index contributed by atoms with van der Waals surface area (Å²) in [5.41, 5.74) is 5.64. The fraction of sp³-hybridized carbons (Fsp3) is 0.125. The molecule has 72 valence electrons. The minimum Gasteiger partial charge on any atom is -0.383 e. The molecule has 6 heteroatoms. The number of nitrogens with zero attached hydrogens (tertiary/aromatic N) is 4. The second kappa shape index (κ2) is 3.67. The SMILES string of the molecule is CSc1nc(N)cc(-n2ccnc2)n1. The van der Waals surface area contributed by atoms with Crippen LogP contribution in [0.4, 0.5) is 5.82 Å². The van der Waals surface area contributed by atoms with E-state index in [0.29, 0.717) is 11.0 Å². The van der Waals surface area contributed by atoms with Gasteiger partial charge in [-0.25, -0.2) is 15.0 Å². The molecule has 2 aromatic rings. The van der Waals surface area contributed by atoms with Crippen molar-refractivity contribution in [3.05, 3.63) is 24.8 Å². The molecule has 0 saturated carbocycles. The van der Waals surface area contributed by atoms with Crippen molar-refractivity contribution < 1.29 is 0 Å². The largest absolute Gasteiger partial charge is 0.383 e. The molecule has 0 amide bonds. The van der Waals surface area contributed by atoms with Crippen LogP contribution in [0.5, 0.6) is 0 Å². The molecule has 0 aliphatic heterocycles. The third kappa shape index (κ3) is 1.69.